The quantitative estimate of drug-likeness (QED) is 0.491. The summed E-state index contributed by atoms with van der Waals surface area (Å²) in [6, 6.07) is 8.45. The molecule has 1 fully saturated rings. The predicted octanol–water partition coefficient (Wildman–Crippen LogP) is 3.46. The van der Waals surface area contributed by atoms with Crippen molar-refractivity contribution in [1.82, 2.24) is 0 Å². The number of aryl methyl sites for hydroxylation is 1. The van der Waals surface area contributed by atoms with E-state index in [0.29, 0.717) is 6.10 Å². The molecule has 98 valence electrons. The summed E-state index contributed by atoms with van der Waals surface area (Å²) in [6.07, 6.45) is 6.88. The molecule has 1 aliphatic rings. The van der Waals surface area contributed by atoms with Crippen molar-refractivity contribution in [3.8, 4) is 0 Å². The van der Waals surface area contributed by atoms with E-state index in [1.807, 2.05) is 6.08 Å². The van der Waals surface area contributed by atoms with E-state index in [9.17, 15) is 0 Å². The van der Waals surface area contributed by atoms with E-state index in [-0.39, 0.29) is 0 Å². The summed E-state index contributed by atoms with van der Waals surface area (Å²) in [5.74, 6) is 0. The molecule has 0 aromatic heterocycles. The van der Waals surface area contributed by atoms with Crippen LogP contribution in [0.5, 0.6) is 0 Å². The van der Waals surface area contributed by atoms with E-state index in [4.69, 9.17) is 9.47 Å². The van der Waals surface area contributed by atoms with Gasteiger partial charge in [-0.05, 0) is 36.8 Å². The fourth-order valence-corrected chi connectivity index (χ4v) is 2.03. The Morgan fingerprint density at radius 1 is 1.28 bits per heavy atom. The number of hydrogen-bond donors (Lipinski definition) is 0. The molecule has 0 spiro atoms. The molecule has 1 saturated heterocycles. The Morgan fingerprint density at radius 3 is 2.89 bits per heavy atom. The summed E-state index contributed by atoms with van der Waals surface area (Å²) < 4.78 is 10.7. The van der Waals surface area contributed by atoms with Gasteiger partial charge in [-0.3, -0.25) is 0 Å². The van der Waals surface area contributed by atoms with Crippen LogP contribution in [0.3, 0.4) is 0 Å². The first kappa shape index (κ1) is 13.3. The third-order valence-corrected chi connectivity index (χ3v) is 3.25. The zero-order valence-corrected chi connectivity index (χ0v) is 10.9. The van der Waals surface area contributed by atoms with Crippen molar-refractivity contribution in [2.45, 2.75) is 31.8 Å². The molecule has 1 aromatic rings. The Bertz CT molecular complexity index is 369. The van der Waals surface area contributed by atoms with Crippen LogP contribution in [0.2, 0.25) is 0 Å². The van der Waals surface area contributed by atoms with Crippen molar-refractivity contribution >= 4 is 6.08 Å². The molecule has 0 amide bonds. The molecule has 18 heavy (non-hydrogen) atoms. The van der Waals surface area contributed by atoms with Crippen LogP contribution in [0.15, 0.2) is 30.8 Å². The molecule has 1 aromatic carbocycles. The van der Waals surface area contributed by atoms with Crippen LogP contribution in [0, 0.1) is 0 Å². The summed E-state index contributed by atoms with van der Waals surface area (Å²) in [5, 5.41) is 0. The lowest BCUT2D eigenvalue weighted by Crippen LogP contribution is -2.01. The first-order valence-corrected chi connectivity index (χ1v) is 6.80. The standard InChI is InChI=1S/C16H22O2/c1-2-14-7-3-4-8-15(14)9-5-6-11-17-12-10-16-13-18-16/h2-4,7-8,16H,1,5-6,9-13H2. The summed E-state index contributed by atoms with van der Waals surface area (Å²) >= 11 is 0. The van der Waals surface area contributed by atoms with Crippen LogP contribution in [-0.2, 0) is 15.9 Å². The number of rotatable bonds is 9. The maximum absolute atomic E-state index is 5.58. The molecule has 1 heterocycles. The highest BCUT2D eigenvalue weighted by atomic mass is 16.6. The fraction of sp³-hybridized carbons (Fsp3) is 0.500. The van der Waals surface area contributed by atoms with Gasteiger partial charge >= 0.3 is 0 Å². The van der Waals surface area contributed by atoms with Crippen molar-refractivity contribution in [3.05, 3.63) is 42.0 Å². The molecule has 0 aliphatic carbocycles. The normalized spacial score (nSPS) is 17.7. The molecule has 2 heteroatoms. The van der Waals surface area contributed by atoms with Gasteiger partial charge in [0.05, 0.1) is 12.7 Å². The lowest BCUT2D eigenvalue weighted by molar-refractivity contribution is 0.122. The lowest BCUT2D eigenvalue weighted by Gasteiger charge is -2.06. The van der Waals surface area contributed by atoms with Crippen molar-refractivity contribution in [2.75, 3.05) is 19.8 Å². The van der Waals surface area contributed by atoms with Gasteiger partial charge in [-0.1, -0.05) is 36.9 Å². The Labute approximate surface area is 110 Å². The predicted molar refractivity (Wildman–Crippen MR) is 74.6 cm³/mol. The molecular formula is C16H22O2. The van der Waals surface area contributed by atoms with E-state index in [0.717, 1.165) is 39.1 Å². The molecule has 1 unspecified atom stereocenters. The molecule has 0 N–H and O–H groups in total. The van der Waals surface area contributed by atoms with E-state index in [1.54, 1.807) is 0 Å². The zero-order valence-electron chi connectivity index (χ0n) is 10.9. The highest BCUT2D eigenvalue weighted by Gasteiger charge is 2.21. The molecule has 2 rings (SSSR count). The van der Waals surface area contributed by atoms with E-state index in [2.05, 4.69) is 30.8 Å². The minimum Gasteiger partial charge on any atom is -0.381 e. The largest absolute Gasteiger partial charge is 0.381 e. The SMILES string of the molecule is C=Cc1ccccc1CCCCOCCC1CO1. The molecule has 0 radical (unpaired) electrons. The molecule has 1 aliphatic heterocycles. The molecule has 1 atom stereocenters. The third-order valence-electron chi connectivity index (χ3n) is 3.25. The number of benzene rings is 1. The van der Waals surface area contributed by atoms with Crippen LogP contribution in [0.25, 0.3) is 6.08 Å². The van der Waals surface area contributed by atoms with Gasteiger partial charge in [-0.25, -0.2) is 0 Å². The van der Waals surface area contributed by atoms with E-state index in [1.165, 1.54) is 17.5 Å². The van der Waals surface area contributed by atoms with Crippen molar-refractivity contribution in [1.29, 1.82) is 0 Å². The summed E-state index contributed by atoms with van der Waals surface area (Å²) in [6.45, 7) is 6.48. The van der Waals surface area contributed by atoms with E-state index < -0.39 is 0 Å². The van der Waals surface area contributed by atoms with Crippen molar-refractivity contribution < 1.29 is 9.47 Å². The monoisotopic (exact) mass is 246 g/mol. The Balaban J connectivity index is 1.55. The highest BCUT2D eigenvalue weighted by Crippen LogP contribution is 2.14. The minimum absolute atomic E-state index is 0.490. The Hall–Kier alpha value is -1.12. The van der Waals surface area contributed by atoms with Crippen LogP contribution < -0.4 is 0 Å². The van der Waals surface area contributed by atoms with Crippen LogP contribution in [0.1, 0.15) is 30.4 Å². The number of hydrogen-bond acceptors (Lipinski definition) is 2. The summed E-state index contributed by atoms with van der Waals surface area (Å²) in [7, 11) is 0. The van der Waals surface area contributed by atoms with Crippen LogP contribution >= 0.6 is 0 Å². The Morgan fingerprint density at radius 2 is 2.11 bits per heavy atom. The van der Waals surface area contributed by atoms with Crippen molar-refractivity contribution in [2.24, 2.45) is 0 Å². The second-order valence-electron chi connectivity index (χ2n) is 4.72. The smallest absolute Gasteiger partial charge is 0.0831 e. The highest BCUT2D eigenvalue weighted by molar-refractivity contribution is 5.51. The topological polar surface area (TPSA) is 21.8 Å². The van der Waals surface area contributed by atoms with Gasteiger partial charge in [0.1, 0.15) is 0 Å². The van der Waals surface area contributed by atoms with Gasteiger partial charge < -0.3 is 9.47 Å². The lowest BCUT2D eigenvalue weighted by atomic mass is 10.0. The maximum atomic E-state index is 5.58. The zero-order chi connectivity index (χ0) is 12.6. The van der Waals surface area contributed by atoms with Gasteiger partial charge in [0.2, 0.25) is 0 Å². The van der Waals surface area contributed by atoms with E-state index >= 15 is 0 Å². The molecule has 2 nitrogen and oxygen atoms in total. The summed E-state index contributed by atoms with van der Waals surface area (Å²) in [5.41, 5.74) is 2.64. The number of unbranched alkanes of at least 4 members (excludes halogenated alkanes) is 1. The molecular weight excluding hydrogens is 224 g/mol. The second-order valence-corrected chi connectivity index (χ2v) is 4.72. The average molecular weight is 246 g/mol. The third kappa shape index (κ3) is 4.63. The van der Waals surface area contributed by atoms with Gasteiger partial charge in [-0.2, -0.15) is 0 Å². The molecule has 0 bridgehead atoms. The number of ether oxygens (including phenoxy) is 2. The fourth-order valence-electron chi connectivity index (χ4n) is 2.03. The van der Waals surface area contributed by atoms with Gasteiger partial charge in [0.25, 0.3) is 0 Å². The average Bonchev–Trinajstić information content (AvgIpc) is 3.22. The summed E-state index contributed by atoms with van der Waals surface area (Å²) in [4.78, 5) is 0. The number of epoxide rings is 1. The molecule has 0 saturated carbocycles. The minimum atomic E-state index is 0.490. The van der Waals surface area contributed by atoms with Gasteiger partial charge in [0, 0.05) is 13.2 Å². The first-order chi connectivity index (χ1) is 8.90. The van der Waals surface area contributed by atoms with Crippen LogP contribution in [0.4, 0.5) is 0 Å². The maximum Gasteiger partial charge on any atom is 0.0831 e. The van der Waals surface area contributed by atoms with Gasteiger partial charge in [-0.15, -0.1) is 0 Å². The van der Waals surface area contributed by atoms with Gasteiger partial charge in [0.15, 0.2) is 0 Å². The second kappa shape index (κ2) is 7.34. The first-order valence-electron chi connectivity index (χ1n) is 6.80. The van der Waals surface area contributed by atoms with Crippen LogP contribution in [-0.4, -0.2) is 25.9 Å². The van der Waals surface area contributed by atoms with Crippen molar-refractivity contribution in [3.63, 3.8) is 0 Å². The Kier molecular flexibility index (Phi) is 5.43.